The summed E-state index contributed by atoms with van der Waals surface area (Å²) in [6, 6.07) is 8.77. The average molecular weight is 301 g/mol. The Balaban J connectivity index is 1.71. The largest absolute Gasteiger partial charge is 0.366 e. The molecule has 1 amide bonds. The summed E-state index contributed by atoms with van der Waals surface area (Å²) in [4.78, 5) is 19.5. The van der Waals surface area contributed by atoms with Gasteiger partial charge in [0.15, 0.2) is 0 Å². The van der Waals surface area contributed by atoms with Crippen LogP contribution >= 0.6 is 0 Å². The first-order valence-electron chi connectivity index (χ1n) is 8.55. The highest BCUT2D eigenvalue weighted by Crippen LogP contribution is 2.34. The molecule has 0 aliphatic carbocycles. The minimum absolute atomic E-state index is 0.266. The second kappa shape index (κ2) is 6.69. The van der Waals surface area contributed by atoms with Crippen LogP contribution < -0.4 is 9.80 Å². The van der Waals surface area contributed by atoms with E-state index in [1.54, 1.807) is 0 Å². The highest BCUT2D eigenvalue weighted by molar-refractivity contribution is 5.98. The van der Waals surface area contributed by atoms with E-state index in [1.807, 2.05) is 11.0 Å². The Morgan fingerprint density at radius 1 is 1.05 bits per heavy atom. The van der Waals surface area contributed by atoms with E-state index in [9.17, 15) is 4.79 Å². The van der Waals surface area contributed by atoms with Crippen LogP contribution in [-0.2, 0) is 4.79 Å². The summed E-state index contributed by atoms with van der Waals surface area (Å²) in [7, 11) is 0. The summed E-state index contributed by atoms with van der Waals surface area (Å²) in [5, 5.41) is 0. The van der Waals surface area contributed by atoms with Crippen LogP contribution in [0.5, 0.6) is 0 Å². The summed E-state index contributed by atoms with van der Waals surface area (Å²) in [6.07, 6.45) is 3.20. The van der Waals surface area contributed by atoms with Crippen LogP contribution in [0.3, 0.4) is 0 Å². The number of para-hydroxylation sites is 2. The van der Waals surface area contributed by atoms with Crippen LogP contribution in [0.25, 0.3) is 0 Å². The second-order valence-electron chi connectivity index (χ2n) is 6.62. The Morgan fingerprint density at radius 2 is 1.73 bits per heavy atom. The van der Waals surface area contributed by atoms with E-state index < -0.39 is 0 Å². The molecule has 22 heavy (non-hydrogen) atoms. The Morgan fingerprint density at radius 3 is 2.41 bits per heavy atom. The number of fused-ring (bicyclic) bond motifs is 1. The van der Waals surface area contributed by atoms with E-state index in [0.717, 1.165) is 38.4 Å². The van der Waals surface area contributed by atoms with Gasteiger partial charge in [0, 0.05) is 32.1 Å². The van der Waals surface area contributed by atoms with Gasteiger partial charge in [0.25, 0.3) is 0 Å². The van der Waals surface area contributed by atoms with E-state index in [0.29, 0.717) is 12.5 Å². The van der Waals surface area contributed by atoms with Crippen LogP contribution in [0.1, 0.15) is 33.1 Å². The Hall–Kier alpha value is -1.55. The number of carbonyl (C=O) groups is 1. The lowest BCUT2D eigenvalue weighted by atomic mass is 10.1. The Bertz CT molecular complexity index is 523. The molecule has 4 heteroatoms. The summed E-state index contributed by atoms with van der Waals surface area (Å²) >= 11 is 0. The molecule has 4 nitrogen and oxygen atoms in total. The van der Waals surface area contributed by atoms with Gasteiger partial charge < -0.3 is 14.7 Å². The average Bonchev–Trinajstić information content (AvgIpc) is 3.04. The molecule has 1 saturated heterocycles. The molecular weight excluding hydrogens is 274 g/mol. The second-order valence-corrected chi connectivity index (χ2v) is 6.62. The van der Waals surface area contributed by atoms with Gasteiger partial charge in [-0.05, 0) is 51.9 Å². The van der Waals surface area contributed by atoms with Gasteiger partial charge in [-0.1, -0.05) is 12.1 Å². The number of benzene rings is 1. The third-order valence-corrected chi connectivity index (χ3v) is 4.81. The van der Waals surface area contributed by atoms with Crippen LogP contribution in [-0.4, -0.2) is 49.6 Å². The predicted molar refractivity (Wildman–Crippen MR) is 91.6 cm³/mol. The SMILES string of the molecule is CC(C)N1CCN(C(=O)CCN2CCCC2)c2ccccc21. The smallest absolute Gasteiger partial charge is 0.228 e. The maximum absolute atomic E-state index is 12.7. The van der Waals surface area contributed by atoms with Crippen molar-refractivity contribution in [1.29, 1.82) is 0 Å². The normalized spacial score (nSPS) is 18.9. The molecule has 0 atom stereocenters. The molecule has 0 unspecified atom stereocenters. The highest BCUT2D eigenvalue weighted by atomic mass is 16.2. The fourth-order valence-corrected chi connectivity index (χ4v) is 3.57. The highest BCUT2D eigenvalue weighted by Gasteiger charge is 2.27. The first-order chi connectivity index (χ1) is 10.7. The molecule has 0 spiro atoms. The van der Waals surface area contributed by atoms with Crippen LogP contribution in [0.4, 0.5) is 11.4 Å². The molecule has 0 bridgehead atoms. The van der Waals surface area contributed by atoms with Gasteiger partial charge in [0.2, 0.25) is 5.91 Å². The molecule has 0 N–H and O–H groups in total. The summed E-state index contributed by atoms with van der Waals surface area (Å²) in [5.74, 6) is 0.266. The number of anilines is 2. The van der Waals surface area contributed by atoms with Crippen LogP contribution in [0.2, 0.25) is 0 Å². The van der Waals surface area contributed by atoms with Gasteiger partial charge in [-0.3, -0.25) is 4.79 Å². The molecule has 1 aromatic rings. The van der Waals surface area contributed by atoms with Crippen molar-refractivity contribution in [2.45, 2.75) is 39.2 Å². The van der Waals surface area contributed by atoms with E-state index in [-0.39, 0.29) is 5.91 Å². The molecule has 3 rings (SSSR count). The van der Waals surface area contributed by atoms with Crippen molar-refractivity contribution in [2.24, 2.45) is 0 Å². The van der Waals surface area contributed by atoms with Crippen molar-refractivity contribution < 1.29 is 4.79 Å². The van der Waals surface area contributed by atoms with E-state index in [4.69, 9.17) is 0 Å². The number of hydrogen-bond acceptors (Lipinski definition) is 3. The van der Waals surface area contributed by atoms with Gasteiger partial charge in [0.1, 0.15) is 0 Å². The van der Waals surface area contributed by atoms with Gasteiger partial charge in [-0.2, -0.15) is 0 Å². The zero-order valence-corrected chi connectivity index (χ0v) is 13.8. The minimum Gasteiger partial charge on any atom is -0.366 e. The Kier molecular flexibility index (Phi) is 4.67. The van der Waals surface area contributed by atoms with E-state index in [2.05, 4.69) is 41.8 Å². The first-order valence-corrected chi connectivity index (χ1v) is 8.55. The van der Waals surface area contributed by atoms with Gasteiger partial charge in [-0.15, -0.1) is 0 Å². The van der Waals surface area contributed by atoms with Gasteiger partial charge in [0.05, 0.1) is 11.4 Å². The van der Waals surface area contributed by atoms with Crippen molar-refractivity contribution in [1.82, 2.24) is 4.90 Å². The third kappa shape index (κ3) is 3.12. The molecule has 2 aliphatic rings. The lowest BCUT2D eigenvalue weighted by Gasteiger charge is -2.40. The molecule has 0 radical (unpaired) electrons. The molecular formula is C18H27N3O. The molecule has 0 aromatic heterocycles. The maximum Gasteiger partial charge on any atom is 0.228 e. The van der Waals surface area contributed by atoms with Gasteiger partial charge >= 0.3 is 0 Å². The van der Waals surface area contributed by atoms with Crippen LogP contribution in [0.15, 0.2) is 24.3 Å². The summed E-state index contributed by atoms with van der Waals surface area (Å²) < 4.78 is 0. The fraction of sp³-hybridized carbons (Fsp3) is 0.611. The molecule has 2 aliphatic heterocycles. The quantitative estimate of drug-likeness (QED) is 0.855. The van der Waals surface area contributed by atoms with Crippen LogP contribution in [0, 0.1) is 0 Å². The lowest BCUT2D eigenvalue weighted by molar-refractivity contribution is -0.118. The van der Waals surface area contributed by atoms with Gasteiger partial charge in [-0.25, -0.2) is 0 Å². The molecule has 2 heterocycles. The monoisotopic (exact) mass is 301 g/mol. The number of likely N-dealkylation sites (tertiary alicyclic amines) is 1. The van der Waals surface area contributed by atoms with Crippen molar-refractivity contribution in [2.75, 3.05) is 42.5 Å². The third-order valence-electron chi connectivity index (χ3n) is 4.81. The van der Waals surface area contributed by atoms with Crippen molar-refractivity contribution in [3.05, 3.63) is 24.3 Å². The first kappa shape index (κ1) is 15.3. The lowest BCUT2D eigenvalue weighted by Crippen LogP contribution is -2.47. The molecule has 1 fully saturated rings. The minimum atomic E-state index is 0.266. The standard InChI is InChI=1S/C18H27N3O/c1-15(2)20-13-14-21(17-8-4-3-7-16(17)20)18(22)9-12-19-10-5-6-11-19/h3-4,7-8,15H,5-6,9-14H2,1-2H3. The number of nitrogens with zero attached hydrogens (tertiary/aromatic N) is 3. The summed E-state index contributed by atoms with van der Waals surface area (Å²) in [5.41, 5.74) is 2.27. The van der Waals surface area contributed by atoms with E-state index in [1.165, 1.54) is 18.5 Å². The zero-order chi connectivity index (χ0) is 15.5. The number of rotatable bonds is 4. The van der Waals surface area contributed by atoms with Crippen molar-refractivity contribution in [3.8, 4) is 0 Å². The fourth-order valence-electron chi connectivity index (χ4n) is 3.57. The maximum atomic E-state index is 12.7. The summed E-state index contributed by atoms with van der Waals surface area (Å²) in [6.45, 7) is 9.36. The zero-order valence-electron chi connectivity index (χ0n) is 13.8. The van der Waals surface area contributed by atoms with Crippen molar-refractivity contribution >= 4 is 17.3 Å². The topological polar surface area (TPSA) is 26.8 Å². The molecule has 0 saturated carbocycles. The molecule has 1 aromatic carbocycles. The predicted octanol–water partition coefficient (Wildman–Crippen LogP) is 2.73. The molecule has 120 valence electrons. The number of carbonyl (C=O) groups excluding carboxylic acids is 1. The Labute approximate surface area is 133 Å². The number of amides is 1. The number of hydrogen-bond donors (Lipinski definition) is 0. The van der Waals surface area contributed by atoms with Crippen molar-refractivity contribution in [3.63, 3.8) is 0 Å². The van der Waals surface area contributed by atoms with E-state index >= 15 is 0 Å².